The molecule has 0 aliphatic heterocycles. The summed E-state index contributed by atoms with van der Waals surface area (Å²) in [6.07, 6.45) is 2.25. The van der Waals surface area contributed by atoms with Crippen molar-refractivity contribution in [3.05, 3.63) is 46.8 Å². The summed E-state index contributed by atoms with van der Waals surface area (Å²) in [6, 6.07) is 12.5. The van der Waals surface area contributed by atoms with Crippen LogP contribution in [0.1, 0.15) is 33.6 Å². The predicted molar refractivity (Wildman–Crippen MR) is 144 cm³/mol. The Bertz CT molecular complexity index is 1110. The second kappa shape index (κ2) is 12.8. The Labute approximate surface area is 231 Å². The van der Waals surface area contributed by atoms with Crippen LogP contribution in [0.2, 0.25) is 5.02 Å². The number of methoxy groups -OCH3 is 1. The first-order valence-electron chi connectivity index (χ1n) is 10.9. The number of hydrogen-bond acceptors (Lipinski definition) is 2. The fraction of sp³-hybridized carbons (Fsp3) is 0.480. The molecule has 0 radical (unpaired) electrons. The van der Waals surface area contributed by atoms with E-state index in [4.69, 9.17) is 21.3 Å². The lowest BCUT2D eigenvalue weighted by Gasteiger charge is -2.32. The molecule has 32 heavy (non-hydrogen) atoms. The van der Waals surface area contributed by atoms with Crippen LogP contribution < -0.4 is 34.1 Å². The van der Waals surface area contributed by atoms with Gasteiger partial charge in [-0.3, -0.25) is 4.99 Å². The number of nitrogens with zero attached hydrogens (tertiary/aromatic N) is 3. The van der Waals surface area contributed by atoms with E-state index in [9.17, 15) is 0 Å². The first kappa shape index (κ1) is 29.5. The third kappa shape index (κ3) is 6.51. The second-order valence-electron chi connectivity index (χ2n) is 8.55. The van der Waals surface area contributed by atoms with Crippen LogP contribution in [-0.2, 0) is 7.05 Å². The van der Waals surface area contributed by atoms with Gasteiger partial charge in [0.05, 0.1) is 50.2 Å². The normalized spacial score (nSPS) is 13.0. The Hall–Kier alpha value is -0.580. The van der Waals surface area contributed by atoms with E-state index < -0.39 is 0 Å². The van der Waals surface area contributed by atoms with E-state index >= 15 is 0 Å². The molecule has 7 heteroatoms. The van der Waals surface area contributed by atoms with E-state index in [1.54, 1.807) is 7.11 Å². The Morgan fingerprint density at radius 3 is 2.38 bits per heavy atom. The van der Waals surface area contributed by atoms with Crippen molar-refractivity contribution in [1.29, 1.82) is 0 Å². The van der Waals surface area contributed by atoms with Gasteiger partial charge in [0, 0.05) is 28.9 Å². The predicted octanol–water partition coefficient (Wildman–Crippen LogP) is 3.17. The quantitative estimate of drug-likeness (QED) is 0.204. The lowest BCUT2D eigenvalue weighted by atomic mass is 10.1. The highest BCUT2D eigenvalue weighted by molar-refractivity contribution is 14.0. The molecule has 2 aromatic carbocycles. The van der Waals surface area contributed by atoms with Gasteiger partial charge in [-0.25, -0.2) is 0 Å². The van der Waals surface area contributed by atoms with Crippen LogP contribution in [0.3, 0.4) is 0 Å². The number of fused-ring (bicyclic) bond motifs is 2. The number of pyridine rings is 1. The standard InChI is InChI=1S/C25H35ClN3O.2HI/c1-7-29(5,8-2)15-9-10-18(3)27-25-21-13-11-19(26)16-24(21)28(4)23-14-12-20(30-6)17-22(23)25;;/h11-14,16-18H,7-10,15H2,1-6H3;2*1H/q+1;;/p-1. The molecule has 0 saturated heterocycles. The molecule has 178 valence electrons. The molecule has 0 N–H and O–H groups in total. The molecule has 0 amide bonds. The Kier molecular flexibility index (Phi) is 11.7. The molecule has 0 aliphatic rings. The molecule has 0 saturated carbocycles. The third-order valence-corrected chi connectivity index (χ3v) is 6.83. The minimum Gasteiger partial charge on any atom is -1.00 e. The number of hydrogen-bond donors (Lipinski definition) is 0. The van der Waals surface area contributed by atoms with E-state index in [1.165, 1.54) is 26.1 Å². The van der Waals surface area contributed by atoms with Crippen molar-refractivity contribution in [3.8, 4) is 5.75 Å². The lowest BCUT2D eigenvalue weighted by Crippen LogP contribution is -3.00. The van der Waals surface area contributed by atoms with Gasteiger partial charge in [-0.1, -0.05) is 11.6 Å². The number of aromatic nitrogens is 1. The van der Waals surface area contributed by atoms with Crippen molar-refractivity contribution >= 4 is 57.4 Å². The number of rotatable bonds is 8. The van der Waals surface area contributed by atoms with Gasteiger partial charge in [-0.05, 0) is 70.0 Å². The van der Waals surface area contributed by atoms with Crippen molar-refractivity contribution < 1.29 is 33.2 Å². The summed E-state index contributed by atoms with van der Waals surface area (Å²) in [5.41, 5.74) is 2.21. The van der Waals surface area contributed by atoms with Crippen LogP contribution in [0.15, 0.2) is 41.4 Å². The monoisotopic (exact) mass is 683 g/mol. The summed E-state index contributed by atoms with van der Waals surface area (Å²) >= 11 is 6.32. The fourth-order valence-electron chi connectivity index (χ4n) is 4.11. The largest absolute Gasteiger partial charge is 1.00 e. The van der Waals surface area contributed by atoms with Crippen LogP contribution in [0.25, 0.3) is 21.8 Å². The van der Waals surface area contributed by atoms with E-state index in [-0.39, 0.29) is 54.0 Å². The van der Waals surface area contributed by atoms with E-state index in [1.807, 2.05) is 18.2 Å². The summed E-state index contributed by atoms with van der Waals surface area (Å²) in [4.78, 5) is 5.21. The minimum absolute atomic E-state index is 0. The van der Waals surface area contributed by atoms with E-state index in [0.29, 0.717) is 0 Å². The molecule has 3 aromatic rings. The maximum Gasteiger partial charge on any atom is 0.119 e. The molecule has 0 aliphatic carbocycles. The highest BCUT2D eigenvalue weighted by atomic mass is 127. The zero-order valence-corrected chi connectivity index (χ0v) is 25.2. The average molecular weight is 684 g/mol. The zero-order valence-electron chi connectivity index (χ0n) is 20.0. The summed E-state index contributed by atoms with van der Waals surface area (Å²) in [5, 5.41) is 4.00. The first-order valence-corrected chi connectivity index (χ1v) is 11.3. The van der Waals surface area contributed by atoms with E-state index in [2.05, 4.69) is 57.6 Å². The van der Waals surface area contributed by atoms with Gasteiger partial charge in [0.15, 0.2) is 0 Å². The topological polar surface area (TPSA) is 26.5 Å². The van der Waals surface area contributed by atoms with Crippen molar-refractivity contribution in [2.45, 2.75) is 39.7 Å². The van der Waals surface area contributed by atoms with E-state index in [0.717, 1.165) is 48.8 Å². The van der Waals surface area contributed by atoms with Crippen molar-refractivity contribution in [1.82, 2.24) is 4.57 Å². The van der Waals surface area contributed by atoms with Crippen LogP contribution in [0.4, 0.5) is 0 Å². The molecule has 1 heterocycles. The van der Waals surface area contributed by atoms with Crippen LogP contribution in [0.5, 0.6) is 5.75 Å². The number of quaternary nitrogens is 1. The Morgan fingerprint density at radius 1 is 1.06 bits per heavy atom. The molecule has 0 spiro atoms. The molecule has 4 nitrogen and oxygen atoms in total. The van der Waals surface area contributed by atoms with Crippen molar-refractivity contribution in [2.24, 2.45) is 12.0 Å². The highest BCUT2D eigenvalue weighted by Crippen LogP contribution is 2.24. The molecule has 3 rings (SSSR count). The molecule has 1 atom stereocenters. The lowest BCUT2D eigenvalue weighted by molar-refractivity contribution is -0.906. The van der Waals surface area contributed by atoms with Crippen LogP contribution in [0, 0.1) is 0 Å². The first-order chi connectivity index (χ1) is 14.3. The van der Waals surface area contributed by atoms with Crippen molar-refractivity contribution in [2.75, 3.05) is 33.8 Å². The average Bonchev–Trinajstić information content (AvgIpc) is 2.76. The SMILES string of the molecule is CC[N+](C)(CC)CCCC(C)N=c1c2cc(OC)ccc2n(C)c2cc(Cl)ccc12.I.[I-]. The molecule has 0 bridgehead atoms. The zero-order chi connectivity index (χ0) is 21.9. The van der Waals surface area contributed by atoms with Crippen LogP contribution >= 0.6 is 35.6 Å². The maximum atomic E-state index is 6.32. The summed E-state index contributed by atoms with van der Waals surface area (Å²) in [6.45, 7) is 10.3. The fourth-order valence-corrected chi connectivity index (χ4v) is 4.28. The Morgan fingerprint density at radius 2 is 1.75 bits per heavy atom. The molecule has 1 unspecified atom stereocenters. The summed E-state index contributed by atoms with van der Waals surface area (Å²) in [7, 11) is 6.13. The minimum atomic E-state index is 0. The van der Waals surface area contributed by atoms with Crippen LogP contribution in [-0.4, -0.2) is 48.9 Å². The third-order valence-electron chi connectivity index (χ3n) is 6.59. The number of aryl methyl sites for hydroxylation is 1. The molecular weight excluding hydrogens is 648 g/mol. The molecular formula is C25H36ClI2N3O. The molecule has 1 aromatic heterocycles. The Balaban J connectivity index is 0.00000256. The summed E-state index contributed by atoms with van der Waals surface area (Å²) < 4.78 is 8.81. The number of halogens is 3. The highest BCUT2D eigenvalue weighted by Gasteiger charge is 2.16. The number of ether oxygens (including phenoxy) is 1. The second-order valence-corrected chi connectivity index (χ2v) is 8.98. The molecule has 0 fully saturated rings. The van der Waals surface area contributed by atoms with Gasteiger partial charge in [0.25, 0.3) is 0 Å². The van der Waals surface area contributed by atoms with Crippen molar-refractivity contribution in [3.63, 3.8) is 0 Å². The summed E-state index contributed by atoms with van der Waals surface area (Å²) in [5.74, 6) is 0.846. The van der Waals surface area contributed by atoms with Gasteiger partial charge in [0.1, 0.15) is 5.75 Å². The number of benzene rings is 2. The van der Waals surface area contributed by atoms with Gasteiger partial charge in [0.2, 0.25) is 0 Å². The van der Waals surface area contributed by atoms with Gasteiger partial charge in [-0.15, -0.1) is 24.0 Å². The van der Waals surface area contributed by atoms with Gasteiger partial charge >= 0.3 is 0 Å². The van der Waals surface area contributed by atoms with Gasteiger partial charge in [-0.2, -0.15) is 0 Å². The smallest absolute Gasteiger partial charge is 0.119 e. The van der Waals surface area contributed by atoms with Gasteiger partial charge < -0.3 is 37.8 Å². The maximum absolute atomic E-state index is 6.32.